The van der Waals surface area contributed by atoms with Crippen LogP contribution >= 0.6 is 22.9 Å². The van der Waals surface area contributed by atoms with Crippen molar-refractivity contribution in [2.45, 2.75) is 38.4 Å². The van der Waals surface area contributed by atoms with Crippen LogP contribution in [0, 0.1) is 0 Å². The van der Waals surface area contributed by atoms with Crippen molar-refractivity contribution in [3.63, 3.8) is 0 Å². The molecular formula is C23H27ClN6O4S2. The minimum Gasteiger partial charge on any atom is -0.359 e. The third-order valence-electron chi connectivity index (χ3n) is 6.65. The van der Waals surface area contributed by atoms with Gasteiger partial charge in [-0.15, -0.1) is 11.3 Å². The topological polar surface area (TPSA) is 117 Å². The predicted molar refractivity (Wildman–Crippen MR) is 138 cm³/mol. The zero-order valence-corrected chi connectivity index (χ0v) is 22.3. The molecule has 10 nitrogen and oxygen atoms in total. The maximum Gasteiger partial charge on any atom is 0.307 e. The number of fused-ring (bicyclic) bond motifs is 2. The summed E-state index contributed by atoms with van der Waals surface area (Å²) in [7, 11) is -2.40. The van der Waals surface area contributed by atoms with Gasteiger partial charge in [0.25, 0.3) is 5.91 Å². The molecule has 2 N–H and O–H groups in total. The summed E-state index contributed by atoms with van der Waals surface area (Å²) in [5.41, 5.74) is 0.929. The standard InChI is InChI=1S/C23H27ClN6O4S2/c1-14-7-19-20(10-26-14)35-22(27-19)23(32)30-6-5-28(13-18(30)9-21(31)25-2)36(33,34)29-11-15-3-4-17(24)8-16(15)12-29/h3-4,8,11-12,14,18,26H,5-7,9-10,13H2,1-2H3,(H,25,31). The van der Waals surface area contributed by atoms with Crippen LogP contribution in [0.25, 0.3) is 10.8 Å². The Morgan fingerprint density at radius 3 is 2.81 bits per heavy atom. The molecule has 2 unspecified atom stereocenters. The van der Waals surface area contributed by atoms with E-state index in [9.17, 15) is 18.0 Å². The highest BCUT2D eigenvalue weighted by Crippen LogP contribution is 2.28. The predicted octanol–water partition coefficient (Wildman–Crippen LogP) is 1.84. The van der Waals surface area contributed by atoms with E-state index >= 15 is 0 Å². The van der Waals surface area contributed by atoms with Gasteiger partial charge in [0, 0.05) is 85.2 Å². The molecule has 192 valence electrons. The van der Waals surface area contributed by atoms with Gasteiger partial charge in [0.2, 0.25) is 5.91 Å². The molecule has 0 bridgehead atoms. The van der Waals surface area contributed by atoms with Crippen molar-refractivity contribution in [2.24, 2.45) is 0 Å². The Morgan fingerprint density at radius 1 is 1.25 bits per heavy atom. The highest BCUT2D eigenvalue weighted by molar-refractivity contribution is 7.87. The molecule has 0 aliphatic carbocycles. The van der Waals surface area contributed by atoms with Gasteiger partial charge in [-0.3, -0.25) is 9.59 Å². The molecule has 3 aromatic rings. The minimum absolute atomic E-state index is 0.000450. The van der Waals surface area contributed by atoms with Gasteiger partial charge in [-0.05, 0) is 19.1 Å². The molecule has 0 spiro atoms. The lowest BCUT2D eigenvalue weighted by atomic mass is 10.1. The van der Waals surface area contributed by atoms with Crippen molar-refractivity contribution in [2.75, 3.05) is 26.7 Å². The summed E-state index contributed by atoms with van der Waals surface area (Å²) in [6, 6.07) is 4.84. The lowest BCUT2D eigenvalue weighted by Crippen LogP contribution is -2.58. The lowest BCUT2D eigenvalue weighted by Gasteiger charge is -2.40. The summed E-state index contributed by atoms with van der Waals surface area (Å²) in [6.45, 7) is 3.01. The van der Waals surface area contributed by atoms with E-state index in [4.69, 9.17) is 11.6 Å². The Morgan fingerprint density at radius 2 is 2.03 bits per heavy atom. The van der Waals surface area contributed by atoms with Gasteiger partial charge in [0.05, 0.1) is 11.7 Å². The zero-order valence-electron chi connectivity index (χ0n) is 19.9. The van der Waals surface area contributed by atoms with Gasteiger partial charge in [-0.1, -0.05) is 17.7 Å². The molecule has 0 radical (unpaired) electrons. The Hall–Kier alpha value is -2.51. The number of piperazine rings is 1. The van der Waals surface area contributed by atoms with Gasteiger partial charge in [-0.2, -0.15) is 12.7 Å². The van der Waals surface area contributed by atoms with Crippen LogP contribution in [0.1, 0.15) is 33.7 Å². The van der Waals surface area contributed by atoms with Crippen LogP contribution in [-0.4, -0.2) is 77.2 Å². The van der Waals surface area contributed by atoms with Gasteiger partial charge in [0.1, 0.15) is 0 Å². The first-order chi connectivity index (χ1) is 17.2. The van der Waals surface area contributed by atoms with Crippen molar-refractivity contribution in [3.8, 4) is 0 Å². The Bertz CT molecular complexity index is 1440. The first-order valence-electron chi connectivity index (χ1n) is 11.7. The minimum atomic E-state index is -3.92. The molecular weight excluding hydrogens is 524 g/mol. The van der Waals surface area contributed by atoms with Gasteiger partial charge in [-0.25, -0.2) is 8.96 Å². The third kappa shape index (κ3) is 4.75. The summed E-state index contributed by atoms with van der Waals surface area (Å²) in [5, 5.41) is 8.30. The maximum atomic E-state index is 13.5. The van der Waals surface area contributed by atoms with Crippen molar-refractivity contribution in [3.05, 3.63) is 51.2 Å². The van der Waals surface area contributed by atoms with Crippen LogP contribution < -0.4 is 10.6 Å². The number of nitrogens with zero attached hydrogens (tertiary/aromatic N) is 4. The van der Waals surface area contributed by atoms with E-state index in [1.807, 2.05) is 0 Å². The van der Waals surface area contributed by atoms with Crippen LogP contribution in [-0.2, 0) is 28.0 Å². The van der Waals surface area contributed by atoms with E-state index in [2.05, 4.69) is 22.5 Å². The summed E-state index contributed by atoms with van der Waals surface area (Å²) >= 11 is 7.42. The highest BCUT2D eigenvalue weighted by Gasteiger charge is 2.38. The number of rotatable bonds is 5. The van der Waals surface area contributed by atoms with E-state index in [1.165, 1.54) is 32.9 Å². The van der Waals surface area contributed by atoms with E-state index < -0.39 is 16.3 Å². The largest absolute Gasteiger partial charge is 0.359 e. The molecule has 1 fully saturated rings. The monoisotopic (exact) mass is 550 g/mol. The highest BCUT2D eigenvalue weighted by atomic mass is 35.5. The maximum absolute atomic E-state index is 13.5. The number of halogens is 1. The molecule has 1 saturated heterocycles. The Labute approximate surface area is 218 Å². The first kappa shape index (κ1) is 25.2. The van der Waals surface area contributed by atoms with E-state index in [0.29, 0.717) is 28.0 Å². The summed E-state index contributed by atoms with van der Waals surface area (Å²) in [5.74, 6) is -0.538. The normalized spacial score (nSPS) is 20.9. The van der Waals surface area contributed by atoms with E-state index in [0.717, 1.165) is 22.4 Å². The van der Waals surface area contributed by atoms with Crippen LogP contribution in [0.3, 0.4) is 0 Å². The summed E-state index contributed by atoms with van der Waals surface area (Å²) < 4.78 is 29.5. The number of nitrogens with one attached hydrogen (secondary N) is 2. The van der Waals surface area contributed by atoms with Crippen LogP contribution in [0.2, 0.25) is 5.02 Å². The number of benzene rings is 1. The molecule has 1 aromatic carbocycles. The number of carbonyl (C=O) groups excluding carboxylic acids is 2. The fraction of sp³-hybridized carbons (Fsp3) is 0.435. The van der Waals surface area contributed by atoms with Gasteiger partial charge < -0.3 is 15.5 Å². The Kier molecular flexibility index (Phi) is 6.81. The lowest BCUT2D eigenvalue weighted by molar-refractivity contribution is -0.121. The molecule has 2 aliphatic rings. The average Bonchev–Trinajstić information content (AvgIpc) is 3.47. The molecule has 2 aliphatic heterocycles. The molecule has 36 heavy (non-hydrogen) atoms. The molecule has 2 amide bonds. The number of carbonyl (C=O) groups is 2. The van der Waals surface area contributed by atoms with Crippen LogP contribution in [0.15, 0.2) is 30.6 Å². The number of aromatic nitrogens is 2. The van der Waals surface area contributed by atoms with Crippen molar-refractivity contribution >= 4 is 55.7 Å². The molecule has 13 heteroatoms. The van der Waals surface area contributed by atoms with Crippen molar-refractivity contribution in [1.82, 2.24) is 28.8 Å². The van der Waals surface area contributed by atoms with Crippen molar-refractivity contribution in [1.29, 1.82) is 0 Å². The second-order valence-corrected chi connectivity index (χ2v) is 12.5. The number of hydrogen-bond donors (Lipinski definition) is 2. The fourth-order valence-electron chi connectivity index (χ4n) is 4.67. The number of thiazole rings is 1. The number of hydrogen-bond acceptors (Lipinski definition) is 7. The SMILES string of the molecule is CNC(=O)CC1CN(S(=O)(=O)n2cc3ccc(Cl)cc3c2)CCN1C(=O)c1nc2c(s1)CNC(C)C2. The van der Waals surface area contributed by atoms with Gasteiger partial charge in [0.15, 0.2) is 5.01 Å². The quantitative estimate of drug-likeness (QED) is 0.501. The second kappa shape index (κ2) is 9.75. The van der Waals surface area contributed by atoms with Crippen LogP contribution in [0.5, 0.6) is 0 Å². The smallest absolute Gasteiger partial charge is 0.307 e. The number of amides is 2. The summed E-state index contributed by atoms with van der Waals surface area (Å²) in [6.07, 6.45) is 3.81. The van der Waals surface area contributed by atoms with E-state index in [-0.39, 0.29) is 37.9 Å². The van der Waals surface area contributed by atoms with Crippen LogP contribution in [0.4, 0.5) is 0 Å². The summed E-state index contributed by atoms with van der Waals surface area (Å²) in [4.78, 5) is 33.0. The molecule has 2 aromatic heterocycles. The Balaban J connectivity index is 1.40. The molecule has 5 rings (SSSR count). The third-order valence-corrected chi connectivity index (χ3v) is 9.70. The van der Waals surface area contributed by atoms with Crippen molar-refractivity contribution < 1.29 is 18.0 Å². The zero-order chi connectivity index (χ0) is 25.6. The molecule has 0 saturated carbocycles. The fourth-order valence-corrected chi connectivity index (χ4v) is 7.28. The van der Waals surface area contributed by atoms with E-state index in [1.54, 1.807) is 29.3 Å². The first-order valence-corrected chi connectivity index (χ1v) is 14.3. The average molecular weight is 551 g/mol. The second-order valence-electron chi connectivity index (χ2n) is 9.13. The van der Waals surface area contributed by atoms with Gasteiger partial charge >= 0.3 is 10.2 Å². The molecule has 2 atom stereocenters. The molecule has 4 heterocycles.